The molecule has 2 heterocycles. The van der Waals surface area contributed by atoms with Crippen LogP contribution in [0, 0.1) is 5.82 Å². The van der Waals surface area contributed by atoms with Crippen LogP contribution < -0.4 is 9.46 Å². The molecule has 1 aromatic heterocycles. The molecule has 8 nitrogen and oxygen atoms in total. The lowest BCUT2D eigenvalue weighted by molar-refractivity contribution is 0.0761. The Morgan fingerprint density at radius 2 is 1.74 bits per heavy atom. The van der Waals surface area contributed by atoms with E-state index in [0.717, 1.165) is 18.4 Å². The fourth-order valence-electron chi connectivity index (χ4n) is 4.81. The summed E-state index contributed by atoms with van der Waals surface area (Å²) in [5.41, 5.74) is 1.72. The van der Waals surface area contributed by atoms with Crippen LogP contribution in [0.3, 0.4) is 0 Å². The Morgan fingerprint density at radius 3 is 2.54 bits per heavy atom. The molecule has 4 aromatic rings. The summed E-state index contributed by atoms with van der Waals surface area (Å²) in [4.78, 5) is 21.4. The molecule has 1 N–H and O–H groups in total. The molecule has 3 aromatic carbocycles. The van der Waals surface area contributed by atoms with Gasteiger partial charge in [0.15, 0.2) is 0 Å². The third kappa shape index (κ3) is 5.86. The lowest BCUT2D eigenvalue weighted by atomic mass is 10.1. The highest BCUT2D eigenvalue weighted by Crippen LogP contribution is 2.25. The van der Waals surface area contributed by atoms with Crippen LogP contribution in [0.1, 0.15) is 22.3 Å². The van der Waals surface area contributed by atoms with E-state index < -0.39 is 10.0 Å². The number of anilines is 1. The van der Waals surface area contributed by atoms with Crippen molar-refractivity contribution in [3.8, 4) is 5.75 Å². The average Bonchev–Trinajstić information content (AvgIpc) is 3.19. The predicted molar refractivity (Wildman–Crippen MR) is 148 cm³/mol. The molecular formula is C29H29FN4O4S. The minimum atomic E-state index is -3.89. The zero-order chi connectivity index (χ0) is 27.4. The molecule has 1 saturated heterocycles. The Morgan fingerprint density at radius 1 is 0.974 bits per heavy atom. The molecule has 202 valence electrons. The van der Waals surface area contributed by atoms with E-state index >= 15 is 0 Å². The molecule has 1 aliphatic heterocycles. The highest BCUT2D eigenvalue weighted by Gasteiger charge is 2.23. The lowest BCUT2D eigenvalue weighted by Gasteiger charge is -2.23. The maximum atomic E-state index is 14.4. The summed E-state index contributed by atoms with van der Waals surface area (Å²) < 4.78 is 48.5. The second kappa shape index (κ2) is 11.4. The number of halogens is 1. The Balaban J connectivity index is 1.24. The first-order valence-corrected chi connectivity index (χ1v) is 14.1. The number of hydrogen-bond acceptors (Lipinski definition) is 6. The molecule has 1 aliphatic rings. The number of carbonyl (C=O) groups excluding carboxylic acids is 1. The van der Waals surface area contributed by atoms with E-state index in [1.807, 2.05) is 0 Å². The monoisotopic (exact) mass is 548 g/mol. The summed E-state index contributed by atoms with van der Waals surface area (Å²) in [5.74, 6) is 0.0755. The topological polar surface area (TPSA) is 91.8 Å². The van der Waals surface area contributed by atoms with Gasteiger partial charge in [0.05, 0.1) is 12.6 Å². The Bertz CT molecular complexity index is 1590. The molecule has 0 aliphatic carbocycles. The van der Waals surface area contributed by atoms with Crippen molar-refractivity contribution in [2.75, 3.05) is 38.0 Å². The maximum Gasteiger partial charge on any atom is 0.264 e. The fourth-order valence-corrected chi connectivity index (χ4v) is 6.05. The Kier molecular flexibility index (Phi) is 7.76. The van der Waals surface area contributed by atoms with Gasteiger partial charge in [-0.1, -0.05) is 24.3 Å². The number of pyridine rings is 1. The first kappa shape index (κ1) is 26.6. The van der Waals surface area contributed by atoms with Crippen LogP contribution >= 0.6 is 0 Å². The van der Waals surface area contributed by atoms with Crippen molar-refractivity contribution in [3.63, 3.8) is 0 Å². The minimum Gasteiger partial charge on any atom is -0.496 e. The molecule has 0 atom stereocenters. The van der Waals surface area contributed by atoms with Crippen molar-refractivity contribution < 1.29 is 22.3 Å². The van der Waals surface area contributed by atoms with Gasteiger partial charge in [0.2, 0.25) is 0 Å². The van der Waals surface area contributed by atoms with Crippen LogP contribution in [-0.4, -0.2) is 62.4 Å². The zero-order valence-corrected chi connectivity index (χ0v) is 22.3. The Labute approximate surface area is 227 Å². The van der Waals surface area contributed by atoms with Gasteiger partial charge >= 0.3 is 0 Å². The predicted octanol–water partition coefficient (Wildman–Crippen LogP) is 4.53. The highest BCUT2D eigenvalue weighted by molar-refractivity contribution is 7.93. The number of benzene rings is 3. The molecular weight excluding hydrogens is 519 g/mol. The number of ether oxygens (including phenoxy) is 1. The molecule has 5 rings (SSSR count). The van der Waals surface area contributed by atoms with Crippen molar-refractivity contribution in [1.82, 2.24) is 14.8 Å². The number of nitrogens with zero attached hydrogens (tertiary/aromatic N) is 3. The van der Waals surface area contributed by atoms with Gasteiger partial charge in [-0.2, -0.15) is 0 Å². The molecule has 39 heavy (non-hydrogen) atoms. The van der Waals surface area contributed by atoms with Crippen molar-refractivity contribution >= 4 is 32.5 Å². The maximum absolute atomic E-state index is 14.4. The number of nitrogens with one attached hydrogen (secondary N) is 1. The normalized spacial score (nSPS) is 14.7. The first-order valence-electron chi connectivity index (χ1n) is 12.7. The number of amides is 1. The fraction of sp³-hybridized carbons (Fsp3) is 0.241. The number of rotatable bonds is 7. The molecule has 0 saturated carbocycles. The number of para-hydroxylation sites is 1. The summed E-state index contributed by atoms with van der Waals surface area (Å²) in [6.45, 7) is 2.80. The van der Waals surface area contributed by atoms with E-state index in [9.17, 15) is 17.6 Å². The number of fused-ring (bicyclic) bond motifs is 1. The van der Waals surface area contributed by atoms with Gasteiger partial charge in [-0.3, -0.25) is 19.4 Å². The number of hydrogen-bond donors (Lipinski definition) is 1. The van der Waals surface area contributed by atoms with E-state index in [2.05, 4.69) is 14.6 Å². The third-order valence-electron chi connectivity index (χ3n) is 6.82. The SMILES string of the molecule is COc1cccc(F)c1CN1CCCN(C(=O)c2ccc(NS(=O)(=O)c3cccc4cccnc34)cc2)CC1. The van der Waals surface area contributed by atoms with E-state index in [0.29, 0.717) is 54.3 Å². The van der Waals surface area contributed by atoms with Gasteiger partial charge in [0.1, 0.15) is 16.5 Å². The van der Waals surface area contributed by atoms with Crippen LogP contribution in [-0.2, 0) is 16.6 Å². The summed E-state index contributed by atoms with van der Waals surface area (Å²) in [6, 6.07) is 19.8. The summed E-state index contributed by atoms with van der Waals surface area (Å²) in [7, 11) is -2.36. The van der Waals surface area contributed by atoms with E-state index in [4.69, 9.17) is 4.74 Å². The Hall–Kier alpha value is -4.02. The molecule has 0 radical (unpaired) electrons. The molecule has 10 heteroatoms. The van der Waals surface area contributed by atoms with Gasteiger partial charge in [0, 0.05) is 61.1 Å². The van der Waals surface area contributed by atoms with E-state index in [1.54, 1.807) is 71.8 Å². The van der Waals surface area contributed by atoms with E-state index in [-0.39, 0.29) is 16.6 Å². The number of carbonyl (C=O) groups is 1. The number of aromatic nitrogens is 1. The number of methoxy groups -OCH3 is 1. The molecule has 1 fully saturated rings. The zero-order valence-electron chi connectivity index (χ0n) is 21.5. The van der Waals surface area contributed by atoms with Crippen molar-refractivity contribution in [2.45, 2.75) is 17.9 Å². The van der Waals surface area contributed by atoms with Gasteiger partial charge in [-0.15, -0.1) is 0 Å². The largest absolute Gasteiger partial charge is 0.496 e. The van der Waals surface area contributed by atoms with Gasteiger partial charge in [-0.05, 0) is 55.0 Å². The molecule has 0 bridgehead atoms. The third-order valence-corrected chi connectivity index (χ3v) is 8.24. The van der Waals surface area contributed by atoms with Crippen LogP contribution in [0.4, 0.5) is 10.1 Å². The van der Waals surface area contributed by atoms with Gasteiger partial charge in [-0.25, -0.2) is 12.8 Å². The molecule has 0 spiro atoms. The molecule has 0 unspecified atom stereocenters. The molecule has 1 amide bonds. The average molecular weight is 549 g/mol. The summed E-state index contributed by atoms with van der Waals surface area (Å²) in [6.07, 6.45) is 2.31. The quantitative estimate of drug-likeness (QED) is 0.365. The van der Waals surface area contributed by atoms with Crippen LogP contribution in [0.2, 0.25) is 0 Å². The van der Waals surface area contributed by atoms with Crippen LogP contribution in [0.5, 0.6) is 5.75 Å². The highest BCUT2D eigenvalue weighted by atomic mass is 32.2. The first-order chi connectivity index (χ1) is 18.9. The number of sulfonamides is 1. The van der Waals surface area contributed by atoms with Gasteiger partial charge in [0.25, 0.3) is 15.9 Å². The summed E-state index contributed by atoms with van der Waals surface area (Å²) in [5, 5.41) is 0.727. The summed E-state index contributed by atoms with van der Waals surface area (Å²) >= 11 is 0. The van der Waals surface area contributed by atoms with Crippen LogP contribution in [0.25, 0.3) is 10.9 Å². The van der Waals surface area contributed by atoms with Crippen molar-refractivity contribution in [2.24, 2.45) is 0 Å². The standard InChI is InChI=1S/C29H29FN4O4S/c1-38-26-9-3-8-25(30)24(26)20-33-16-5-17-34(19-18-33)29(35)22-11-13-23(14-12-22)32-39(36,37)27-10-2-6-21-7-4-15-31-28(21)27/h2-4,6-15,32H,5,16-20H2,1H3. The van der Waals surface area contributed by atoms with Gasteiger partial charge < -0.3 is 9.64 Å². The second-order valence-corrected chi connectivity index (χ2v) is 11.0. The van der Waals surface area contributed by atoms with E-state index in [1.165, 1.54) is 19.2 Å². The minimum absolute atomic E-state index is 0.0860. The smallest absolute Gasteiger partial charge is 0.264 e. The van der Waals surface area contributed by atoms with Crippen LogP contribution in [0.15, 0.2) is 83.9 Å². The lowest BCUT2D eigenvalue weighted by Crippen LogP contribution is -2.35. The van der Waals surface area contributed by atoms with Crippen molar-refractivity contribution in [3.05, 3.63) is 95.9 Å². The second-order valence-electron chi connectivity index (χ2n) is 9.36. The van der Waals surface area contributed by atoms with Crippen molar-refractivity contribution in [1.29, 1.82) is 0 Å².